The van der Waals surface area contributed by atoms with E-state index in [2.05, 4.69) is 17.1 Å². The zero-order chi connectivity index (χ0) is 14.4. The van der Waals surface area contributed by atoms with Gasteiger partial charge < -0.3 is 9.32 Å². The van der Waals surface area contributed by atoms with E-state index in [1.807, 2.05) is 11.8 Å². The van der Waals surface area contributed by atoms with Crippen LogP contribution in [-0.4, -0.2) is 28.9 Å². The molecule has 1 fully saturated rings. The van der Waals surface area contributed by atoms with Crippen molar-refractivity contribution in [3.05, 3.63) is 29.2 Å². The van der Waals surface area contributed by atoms with Crippen LogP contribution >= 0.6 is 0 Å². The van der Waals surface area contributed by atoms with Gasteiger partial charge in [-0.2, -0.15) is 0 Å². The highest BCUT2D eigenvalue weighted by Gasteiger charge is 2.31. The first kappa shape index (κ1) is 12.9. The molecule has 0 bridgehead atoms. The van der Waals surface area contributed by atoms with Crippen LogP contribution in [0.4, 0.5) is 0 Å². The van der Waals surface area contributed by atoms with E-state index >= 15 is 0 Å². The predicted octanol–water partition coefficient (Wildman–Crippen LogP) is 3.18. The van der Waals surface area contributed by atoms with Crippen molar-refractivity contribution in [1.82, 2.24) is 9.88 Å². The highest BCUT2D eigenvalue weighted by Crippen LogP contribution is 2.40. The number of carbonyl (C=O) groups excluding carboxylic acids is 1. The molecule has 2 aliphatic carbocycles. The Bertz CT molecular complexity index is 687. The van der Waals surface area contributed by atoms with E-state index in [1.54, 1.807) is 0 Å². The number of aromatic nitrogens is 1. The van der Waals surface area contributed by atoms with Crippen molar-refractivity contribution in [2.45, 2.75) is 51.0 Å². The lowest BCUT2D eigenvalue weighted by Gasteiger charge is -2.19. The highest BCUT2D eigenvalue weighted by atomic mass is 16.3. The smallest absolute Gasteiger partial charge is 0.209 e. The van der Waals surface area contributed by atoms with Crippen LogP contribution in [0.5, 0.6) is 0 Å². The normalized spacial score (nSPS) is 20.7. The topological polar surface area (TPSA) is 46.3 Å². The van der Waals surface area contributed by atoms with Gasteiger partial charge in [-0.15, -0.1) is 0 Å². The number of aryl methyl sites for hydroxylation is 2. The van der Waals surface area contributed by atoms with E-state index in [-0.39, 0.29) is 0 Å². The Balaban J connectivity index is 1.59. The van der Waals surface area contributed by atoms with Crippen LogP contribution in [0.3, 0.4) is 0 Å². The van der Waals surface area contributed by atoms with Gasteiger partial charge in [0.15, 0.2) is 11.5 Å². The summed E-state index contributed by atoms with van der Waals surface area (Å²) in [7, 11) is 0. The average Bonchev–Trinajstić information content (AvgIpc) is 3.11. The summed E-state index contributed by atoms with van der Waals surface area (Å²) in [6.45, 7) is 2.76. The molecule has 1 saturated carbocycles. The fraction of sp³-hybridized carbons (Fsp3) is 0.529. The summed E-state index contributed by atoms with van der Waals surface area (Å²) in [5.74, 6) is 1.23. The maximum absolute atomic E-state index is 11.2. The number of hydrogen-bond donors (Lipinski definition) is 0. The summed E-state index contributed by atoms with van der Waals surface area (Å²) in [6.07, 6.45) is 6.66. The summed E-state index contributed by atoms with van der Waals surface area (Å²) < 4.78 is 5.84. The van der Waals surface area contributed by atoms with Crippen molar-refractivity contribution >= 4 is 17.5 Å². The Morgan fingerprint density at radius 1 is 1.38 bits per heavy atom. The maximum Gasteiger partial charge on any atom is 0.209 e. The Hall–Kier alpha value is -1.84. The number of oxazole rings is 1. The molecule has 2 aromatic rings. The van der Waals surface area contributed by atoms with Crippen LogP contribution < -0.4 is 0 Å². The molecule has 0 N–H and O–H groups in total. The molecule has 1 aromatic heterocycles. The van der Waals surface area contributed by atoms with E-state index in [4.69, 9.17) is 4.42 Å². The van der Waals surface area contributed by atoms with Crippen molar-refractivity contribution in [3.8, 4) is 0 Å². The fourth-order valence-corrected chi connectivity index (χ4v) is 3.63. The molecule has 1 aromatic carbocycles. The second-order valence-electron chi connectivity index (χ2n) is 6.32. The molecule has 4 nitrogen and oxygen atoms in total. The number of rotatable bonds is 5. The number of carbonyl (C=O) groups is 1. The van der Waals surface area contributed by atoms with Crippen molar-refractivity contribution in [3.63, 3.8) is 0 Å². The average molecular weight is 284 g/mol. The third kappa shape index (κ3) is 2.23. The first-order valence-corrected chi connectivity index (χ1v) is 7.86. The second kappa shape index (κ2) is 4.86. The minimum Gasteiger partial charge on any atom is -0.441 e. The van der Waals surface area contributed by atoms with Crippen LogP contribution in [-0.2, 0) is 11.2 Å². The van der Waals surface area contributed by atoms with E-state index in [0.717, 1.165) is 49.2 Å². The molecule has 1 atom stereocenters. The first-order valence-electron chi connectivity index (χ1n) is 7.86. The highest BCUT2D eigenvalue weighted by molar-refractivity contribution is 5.79. The molecule has 4 heteroatoms. The number of nitrogens with zero attached hydrogens (tertiary/aromatic N) is 2. The van der Waals surface area contributed by atoms with E-state index in [9.17, 15) is 4.79 Å². The summed E-state index contributed by atoms with van der Waals surface area (Å²) in [6, 6.07) is 4.76. The van der Waals surface area contributed by atoms with Gasteiger partial charge in [0.1, 0.15) is 5.52 Å². The third-order valence-corrected chi connectivity index (χ3v) is 4.85. The fourth-order valence-electron chi connectivity index (χ4n) is 3.63. The molecule has 2 aliphatic rings. The van der Waals surface area contributed by atoms with Crippen molar-refractivity contribution < 1.29 is 9.21 Å². The molecular formula is C17H20N2O2. The quantitative estimate of drug-likeness (QED) is 0.792. The lowest BCUT2D eigenvalue weighted by molar-refractivity contribution is -0.118. The summed E-state index contributed by atoms with van der Waals surface area (Å²) in [5, 5.41) is 0. The molecule has 1 amide bonds. The van der Waals surface area contributed by atoms with Crippen molar-refractivity contribution in [2.75, 3.05) is 6.54 Å². The zero-order valence-corrected chi connectivity index (χ0v) is 12.3. The van der Waals surface area contributed by atoms with Gasteiger partial charge in [-0.3, -0.25) is 4.79 Å². The summed E-state index contributed by atoms with van der Waals surface area (Å²) >= 11 is 0. The van der Waals surface area contributed by atoms with Crippen LogP contribution in [0.2, 0.25) is 0 Å². The zero-order valence-electron chi connectivity index (χ0n) is 12.3. The molecule has 1 unspecified atom stereocenters. The van der Waals surface area contributed by atoms with Gasteiger partial charge in [0.05, 0.1) is 0 Å². The number of amides is 1. The monoisotopic (exact) mass is 284 g/mol. The number of hydrogen-bond acceptors (Lipinski definition) is 3. The van der Waals surface area contributed by atoms with E-state index in [0.29, 0.717) is 12.0 Å². The first-order chi connectivity index (χ1) is 10.3. The minimum absolute atomic E-state index is 0.497. The van der Waals surface area contributed by atoms with Gasteiger partial charge in [0.25, 0.3) is 0 Å². The van der Waals surface area contributed by atoms with Crippen LogP contribution in [0.1, 0.15) is 48.6 Å². The van der Waals surface area contributed by atoms with Crippen LogP contribution in [0.25, 0.3) is 11.1 Å². The van der Waals surface area contributed by atoms with Gasteiger partial charge in [-0.25, -0.2) is 4.98 Å². The van der Waals surface area contributed by atoms with Crippen molar-refractivity contribution in [1.29, 1.82) is 0 Å². The Labute approximate surface area is 124 Å². The lowest BCUT2D eigenvalue weighted by Crippen LogP contribution is -2.26. The molecule has 1 heterocycles. The van der Waals surface area contributed by atoms with Gasteiger partial charge in [-0.1, -0.05) is 6.07 Å². The Morgan fingerprint density at radius 2 is 2.24 bits per heavy atom. The largest absolute Gasteiger partial charge is 0.441 e. The van der Waals surface area contributed by atoms with Crippen LogP contribution in [0, 0.1) is 6.92 Å². The number of benzene rings is 1. The van der Waals surface area contributed by atoms with Crippen LogP contribution in [0.15, 0.2) is 16.5 Å². The van der Waals surface area contributed by atoms with E-state index < -0.39 is 0 Å². The third-order valence-electron chi connectivity index (χ3n) is 4.85. The predicted molar refractivity (Wildman–Crippen MR) is 80.2 cm³/mol. The van der Waals surface area contributed by atoms with E-state index in [1.165, 1.54) is 24.0 Å². The molecule has 110 valence electrons. The lowest BCUT2D eigenvalue weighted by atomic mass is 9.96. The minimum atomic E-state index is 0.497. The second-order valence-corrected chi connectivity index (χ2v) is 6.32. The van der Waals surface area contributed by atoms with Gasteiger partial charge in [-0.05, 0) is 49.7 Å². The Kier molecular flexibility index (Phi) is 2.98. The molecule has 0 aliphatic heterocycles. The van der Waals surface area contributed by atoms with Gasteiger partial charge in [0.2, 0.25) is 6.41 Å². The summed E-state index contributed by atoms with van der Waals surface area (Å²) in [5.41, 5.74) is 4.67. The Morgan fingerprint density at radius 3 is 3.00 bits per heavy atom. The molecular weight excluding hydrogens is 264 g/mol. The van der Waals surface area contributed by atoms with Gasteiger partial charge in [0, 0.05) is 25.1 Å². The molecule has 0 radical (unpaired) electrons. The molecule has 4 rings (SSSR count). The standard InChI is InChI=1S/C17H20N2O2/c1-11-18-15-7-4-12-2-3-13(16(12)17(15)21-11)8-9-19(10-20)14-5-6-14/h4,7,10,13-14H,2-3,5-6,8-9H2,1H3. The summed E-state index contributed by atoms with van der Waals surface area (Å²) in [4.78, 5) is 17.6. The molecule has 0 saturated heterocycles. The molecule has 0 spiro atoms. The SMILES string of the molecule is Cc1nc2ccc3c(c2o1)C(CCN(C=O)C1CC1)CC3. The maximum atomic E-state index is 11.2. The van der Waals surface area contributed by atoms with Gasteiger partial charge >= 0.3 is 0 Å². The molecule has 21 heavy (non-hydrogen) atoms. The number of fused-ring (bicyclic) bond motifs is 3. The van der Waals surface area contributed by atoms with Crippen molar-refractivity contribution in [2.24, 2.45) is 0 Å².